The fourth-order valence-electron chi connectivity index (χ4n) is 4.97. The highest BCUT2D eigenvalue weighted by Gasteiger charge is 2.22. The van der Waals surface area contributed by atoms with E-state index in [4.69, 9.17) is 5.73 Å². The van der Waals surface area contributed by atoms with Crippen LogP contribution in [-0.4, -0.2) is 64.7 Å². The molecule has 6 nitrogen and oxygen atoms in total. The quantitative estimate of drug-likeness (QED) is 0.380. The second-order valence-electron chi connectivity index (χ2n) is 9.64. The number of carbonyl (C=O) groups excluding carboxylic acids is 1. The van der Waals surface area contributed by atoms with E-state index < -0.39 is 0 Å². The molecule has 0 unspecified atom stereocenters. The van der Waals surface area contributed by atoms with E-state index in [0.717, 1.165) is 50.1 Å². The van der Waals surface area contributed by atoms with Crippen LogP contribution in [-0.2, 0) is 24.2 Å². The molecule has 2 aromatic carbocycles. The Morgan fingerprint density at radius 2 is 1.69 bits per heavy atom. The fraction of sp³-hybridized carbons (Fsp3) is 0.536. The van der Waals surface area contributed by atoms with Gasteiger partial charge in [0.1, 0.15) is 11.6 Å². The van der Waals surface area contributed by atoms with E-state index in [1.54, 1.807) is 18.2 Å². The molecule has 35 heavy (non-hydrogen) atoms. The molecule has 192 valence electrons. The molecule has 0 bridgehead atoms. The Morgan fingerprint density at radius 3 is 2.40 bits per heavy atom. The SMILES string of the molecule is NC(=O)CCN(CCc1cccc(F)c1)CCN(CCc1ccc(O)c(CO)c1)C1CCCCC1. The van der Waals surface area contributed by atoms with Crippen LogP contribution in [0.4, 0.5) is 4.39 Å². The van der Waals surface area contributed by atoms with Gasteiger partial charge in [-0.1, -0.05) is 37.5 Å². The van der Waals surface area contributed by atoms with Gasteiger partial charge in [0.2, 0.25) is 5.91 Å². The third kappa shape index (κ3) is 9.24. The third-order valence-corrected chi connectivity index (χ3v) is 7.08. The highest BCUT2D eigenvalue weighted by atomic mass is 19.1. The van der Waals surface area contributed by atoms with E-state index in [0.29, 0.717) is 24.6 Å². The molecule has 0 atom stereocenters. The van der Waals surface area contributed by atoms with E-state index >= 15 is 0 Å². The molecule has 4 N–H and O–H groups in total. The van der Waals surface area contributed by atoms with Crippen molar-refractivity contribution in [3.8, 4) is 5.75 Å². The van der Waals surface area contributed by atoms with E-state index in [1.807, 2.05) is 18.2 Å². The molecular formula is C28H40FN3O3. The van der Waals surface area contributed by atoms with Crippen molar-refractivity contribution >= 4 is 5.91 Å². The molecule has 7 heteroatoms. The molecule has 2 aromatic rings. The van der Waals surface area contributed by atoms with Crippen molar-refractivity contribution in [3.63, 3.8) is 0 Å². The van der Waals surface area contributed by atoms with Crippen LogP contribution in [0.5, 0.6) is 5.75 Å². The molecule has 1 amide bonds. The minimum absolute atomic E-state index is 0.128. The summed E-state index contributed by atoms with van der Waals surface area (Å²) in [5.41, 5.74) is 8.03. The van der Waals surface area contributed by atoms with Crippen LogP contribution in [0.1, 0.15) is 55.2 Å². The number of hydrogen-bond acceptors (Lipinski definition) is 5. The zero-order valence-corrected chi connectivity index (χ0v) is 20.7. The first-order valence-corrected chi connectivity index (χ1v) is 12.9. The van der Waals surface area contributed by atoms with Crippen molar-refractivity contribution in [1.29, 1.82) is 0 Å². The van der Waals surface area contributed by atoms with Crippen molar-refractivity contribution in [1.82, 2.24) is 9.80 Å². The zero-order valence-electron chi connectivity index (χ0n) is 20.7. The van der Waals surface area contributed by atoms with Crippen molar-refractivity contribution in [2.45, 2.75) is 64.0 Å². The number of benzene rings is 2. The molecule has 0 aromatic heterocycles. The second-order valence-corrected chi connectivity index (χ2v) is 9.64. The first kappa shape index (κ1) is 27.1. The first-order chi connectivity index (χ1) is 16.9. The summed E-state index contributed by atoms with van der Waals surface area (Å²) in [5.74, 6) is -0.408. The number of carbonyl (C=O) groups is 1. The fourth-order valence-corrected chi connectivity index (χ4v) is 4.97. The van der Waals surface area contributed by atoms with Gasteiger partial charge in [-0.25, -0.2) is 4.39 Å². The maximum absolute atomic E-state index is 13.6. The Labute approximate surface area is 208 Å². The summed E-state index contributed by atoms with van der Waals surface area (Å²) in [6.45, 7) is 3.77. The summed E-state index contributed by atoms with van der Waals surface area (Å²) >= 11 is 0. The average molecular weight is 486 g/mol. The molecule has 3 rings (SSSR count). The van der Waals surface area contributed by atoms with Crippen molar-refractivity contribution < 1.29 is 19.4 Å². The summed E-state index contributed by atoms with van der Waals surface area (Å²) in [4.78, 5) is 16.3. The van der Waals surface area contributed by atoms with Crippen LogP contribution in [0.15, 0.2) is 42.5 Å². The summed E-state index contributed by atoms with van der Waals surface area (Å²) in [6.07, 6.45) is 8.06. The molecular weight excluding hydrogens is 445 g/mol. The van der Waals surface area contributed by atoms with Crippen molar-refractivity contribution in [2.24, 2.45) is 5.73 Å². The highest BCUT2D eigenvalue weighted by molar-refractivity contribution is 5.73. The lowest BCUT2D eigenvalue weighted by molar-refractivity contribution is -0.118. The summed E-state index contributed by atoms with van der Waals surface area (Å²) in [7, 11) is 0. The topological polar surface area (TPSA) is 90.0 Å². The van der Waals surface area contributed by atoms with Gasteiger partial charge >= 0.3 is 0 Å². The van der Waals surface area contributed by atoms with E-state index in [9.17, 15) is 19.4 Å². The van der Waals surface area contributed by atoms with Gasteiger partial charge < -0.3 is 20.8 Å². The Balaban J connectivity index is 1.62. The van der Waals surface area contributed by atoms with Crippen LogP contribution >= 0.6 is 0 Å². The van der Waals surface area contributed by atoms with Gasteiger partial charge in [-0.2, -0.15) is 0 Å². The Hall–Kier alpha value is -2.48. The summed E-state index contributed by atoms with van der Waals surface area (Å²) in [5, 5.41) is 19.3. The van der Waals surface area contributed by atoms with Gasteiger partial charge in [-0.05, 0) is 61.1 Å². The molecule has 0 aliphatic heterocycles. The molecule has 0 radical (unpaired) electrons. The molecule has 0 spiro atoms. The second kappa shape index (κ2) is 14.2. The lowest BCUT2D eigenvalue weighted by Crippen LogP contribution is -2.44. The molecule has 1 aliphatic carbocycles. The lowest BCUT2D eigenvalue weighted by atomic mass is 9.93. The highest BCUT2D eigenvalue weighted by Crippen LogP contribution is 2.24. The predicted octanol–water partition coefficient (Wildman–Crippen LogP) is 3.62. The van der Waals surface area contributed by atoms with E-state index in [1.165, 1.54) is 38.2 Å². The number of aliphatic hydroxyl groups is 1. The number of halogens is 1. The number of phenols is 1. The van der Waals surface area contributed by atoms with Crippen LogP contribution in [0.3, 0.4) is 0 Å². The van der Waals surface area contributed by atoms with Gasteiger partial charge in [0.15, 0.2) is 0 Å². The van der Waals surface area contributed by atoms with Crippen LogP contribution in [0, 0.1) is 5.82 Å². The number of aliphatic hydroxyl groups excluding tert-OH is 1. The van der Waals surface area contributed by atoms with Crippen LogP contribution in [0.25, 0.3) is 0 Å². The number of rotatable bonds is 14. The lowest BCUT2D eigenvalue weighted by Gasteiger charge is -2.36. The Kier molecular flexibility index (Phi) is 11.0. The number of nitrogens with zero attached hydrogens (tertiary/aromatic N) is 2. The molecule has 0 saturated heterocycles. The van der Waals surface area contributed by atoms with Gasteiger partial charge in [0.25, 0.3) is 0 Å². The predicted molar refractivity (Wildman–Crippen MR) is 137 cm³/mol. The monoisotopic (exact) mass is 485 g/mol. The number of aromatic hydroxyl groups is 1. The number of hydrogen-bond donors (Lipinski definition) is 3. The third-order valence-electron chi connectivity index (χ3n) is 7.08. The minimum atomic E-state index is -0.308. The molecule has 1 aliphatic rings. The first-order valence-electron chi connectivity index (χ1n) is 12.9. The Bertz CT molecular complexity index is 933. The zero-order chi connectivity index (χ0) is 25.0. The average Bonchev–Trinajstić information content (AvgIpc) is 2.86. The van der Waals surface area contributed by atoms with Crippen LogP contribution < -0.4 is 5.73 Å². The van der Waals surface area contributed by atoms with Gasteiger partial charge in [-0.3, -0.25) is 9.69 Å². The number of amides is 1. The van der Waals surface area contributed by atoms with Crippen molar-refractivity contribution in [2.75, 3.05) is 32.7 Å². The minimum Gasteiger partial charge on any atom is -0.508 e. The smallest absolute Gasteiger partial charge is 0.218 e. The summed E-state index contributed by atoms with van der Waals surface area (Å²) < 4.78 is 13.6. The van der Waals surface area contributed by atoms with E-state index in [2.05, 4.69) is 9.80 Å². The molecule has 0 heterocycles. The Morgan fingerprint density at radius 1 is 0.943 bits per heavy atom. The number of nitrogens with two attached hydrogens (primary N) is 1. The maximum atomic E-state index is 13.6. The standard InChI is InChI=1S/C28H40FN3O3/c29-25-6-4-5-22(20-25)11-14-31(15-13-28(30)35)17-18-32(26-7-2-1-3-8-26)16-12-23-9-10-27(34)24(19-23)21-33/h4-6,9-10,19-20,26,33-34H,1-3,7-8,11-18,21H2,(H2,30,35). The number of primary amides is 1. The molecule has 1 saturated carbocycles. The summed E-state index contributed by atoms with van der Waals surface area (Å²) in [6, 6.07) is 12.7. The maximum Gasteiger partial charge on any atom is 0.218 e. The van der Waals surface area contributed by atoms with E-state index in [-0.39, 0.29) is 24.1 Å². The van der Waals surface area contributed by atoms with Gasteiger partial charge in [-0.15, -0.1) is 0 Å². The van der Waals surface area contributed by atoms with Gasteiger partial charge in [0.05, 0.1) is 6.61 Å². The largest absolute Gasteiger partial charge is 0.508 e. The van der Waals surface area contributed by atoms with Crippen molar-refractivity contribution in [3.05, 3.63) is 65.0 Å². The van der Waals surface area contributed by atoms with Crippen LogP contribution in [0.2, 0.25) is 0 Å². The normalized spacial score (nSPS) is 14.6. The molecule has 1 fully saturated rings. The van der Waals surface area contributed by atoms with Gasteiger partial charge in [0, 0.05) is 50.7 Å².